The number of aromatic amines is 1. The first-order chi connectivity index (χ1) is 19.9. The van der Waals surface area contributed by atoms with Crippen LogP contribution in [0.15, 0.2) is 53.3 Å². The molecule has 5 rings (SSSR count). The largest absolute Gasteiger partial charge is 0.493 e. The molecule has 1 aliphatic rings. The van der Waals surface area contributed by atoms with E-state index < -0.39 is 13.4 Å². The first-order valence-electron chi connectivity index (χ1n) is 14.4. The summed E-state index contributed by atoms with van der Waals surface area (Å²) < 4.78 is 33.1. The Hall–Kier alpha value is -3.46. The Morgan fingerprint density at radius 1 is 1.05 bits per heavy atom. The first kappa shape index (κ1) is 29.0. The molecule has 2 heterocycles. The van der Waals surface area contributed by atoms with Crippen molar-refractivity contribution in [2.24, 2.45) is 0 Å². The summed E-state index contributed by atoms with van der Waals surface area (Å²) in [5, 5.41) is 8.28. The average Bonchev–Trinajstić information content (AvgIpc) is 3.61. The Kier molecular flexibility index (Phi) is 8.92. The van der Waals surface area contributed by atoms with Gasteiger partial charge in [0.25, 0.3) is 5.56 Å². The molecule has 0 spiro atoms. The fourth-order valence-corrected chi connectivity index (χ4v) is 7.47. The molecule has 1 fully saturated rings. The van der Waals surface area contributed by atoms with Gasteiger partial charge in [0, 0.05) is 11.6 Å². The van der Waals surface area contributed by atoms with E-state index in [1.54, 1.807) is 18.4 Å². The van der Waals surface area contributed by atoms with Gasteiger partial charge >= 0.3 is 7.60 Å². The number of aromatic nitrogens is 4. The highest BCUT2D eigenvalue weighted by Crippen LogP contribution is 2.60. The van der Waals surface area contributed by atoms with Gasteiger partial charge in [-0.1, -0.05) is 43.2 Å². The molecule has 0 radical (unpaired) electrons. The molecule has 2 aromatic carbocycles. The molecule has 2 N–H and O–H groups in total. The molecule has 11 heteroatoms. The summed E-state index contributed by atoms with van der Waals surface area (Å²) in [5.74, 6) is 1.26. The van der Waals surface area contributed by atoms with Crippen LogP contribution in [-0.2, 0) is 13.6 Å². The normalized spacial score (nSPS) is 14.9. The molecule has 1 unspecified atom stereocenters. The lowest BCUT2D eigenvalue weighted by atomic mass is 10.1. The van der Waals surface area contributed by atoms with Crippen LogP contribution in [0.25, 0.3) is 16.9 Å². The van der Waals surface area contributed by atoms with Gasteiger partial charge in [-0.3, -0.25) is 9.36 Å². The van der Waals surface area contributed by atoms with Crippen LogP contribution >= 0.6 is 7.60 Å². The number of H-pyrrole nitrogens is 1. The molecule has 41 heavy (non-hydrogen) atoms. The third-order valence-electron chi connectivity index (χ3n) is 7.31. The van der Waals surface area contributed by atoms with E-state index in [9.17, 15) is 9.36 Å². The van der Waals surface area contributed by atoms with Crippen LogP contribution in [0.3, 0.4) is 0 Å². The Morgan fingerprint density at radius 3 is 2.41 bits per heavy atom. The zero-order valence-electron chi connectivity index (χ0n) is 24.1. The maximum atomic E-state index is 14.0. The minimum Gasteiger partial charge on any atom is -0.493 e. The van der Waals surface area contributed by atoms with Crippen molar-refractivity contribution in [3.05, 3.63) is 76.0 Å². The first-order valence-corrected chi connectivity index (χ1v) is 16.0. The molecule has 1 atom stereocenters. The lowest BCUT2D eigenvalue weighted by Crippen LogP contribution is -2.17. The fourth-order valence-electron chi connectivity index (χ4n) is 5.53. The monoisotopic (exact) mass is 579 g/mol. The highest BCUT2D eigenvalue weighted by Gasteiger charge is 2.37. The van der Waals surface area contributed by atoms with Crippen LogP contribution in [0.1, 0.15) is 75.2 Å². The quantitative estimate of drug-likeness (QED) is 0.175. The Morgan fingerprint density at radius 2 is 1.76 bits per heavy atom. The number of aryl methyl sites for hydroxylation is 1. The second kappa shape index (κ2) is 12.6. The summed E-state index contributed by atoms with van der Waals surface area (Å²) in [6.07, 6.45) is 4.36. The molecule has 0 amide bonds. The number of hydrogen-bond donors (Lipinski definition) is 2. The number of fused-ring (bicyclic) bond motifs is 1. The van der Waals surface area contributed by atoms with Crippen molar-refractivity contribution in [1.29, 1.82) is 0 Å². The predicted octanol–water partition coefficient (Wildman–Crippen LogP) is 6.83. The van der Waals surface area contributed by atoms with E-state index in [0.717, 1.165) is 37.1 Å². The number of hydrogen-bond acceptors (Lipinski definition) is 8. The summed E-state index contributed by atoms with van der Waals surface area (Å²) >= 11 is 0. The maximum Gasteiger partial charge on any atom is 0.357 e. The summed E-state index contributed by atoms with van der Waals surface area (Å²) in [6, 6.07) is 14.9. The molecule has 0 saturated heterocycles. The van der Waals surface area contributed by atoms with E-state index in [0.29, 0.717) is 40.6 Å². The summed E-state index contributed by atoms with van der Waals surface area (Å²) in [5.41, 5.74) is 2.86. The van der Waals surface area contributed by atoms with Crippen molar-refractivity contribution in [2.75, 3.05) is 25.1 Å². The van der Waals surface area contributed by atoms with Gasteiger partial charge in [0.1, 0.15) is 11.6 Å². The highest BCUT2D eigenvalue weighted by molar-refractivity contribution is 7.54. The maximum absolute atomic E-state index is 14.0. The fraction of sp³-hybridized carbons (Fsp3) is 0.433. The second-order valence-corrected chi connectivity index (χ2v) is 12.2. The van der Waals surface area contributed by atoms with E-state index in [4.69, 9.17) is 23.9 Å². The van der Waals surface area contributed by atoms with E-state index in [2.05, 4.69) is 10.3 Å². The van der Waals surface area contributed by atoms with Gasteiger partial charge in [-0.15, -0.1) is 5.10 Å². The molecule has 1 saturated carbocycles. The molecule has 0 aliphatic heterocycles. The molecule has 218 valence electrons. The SMILES string of the molecule is CCOc1ccc(NC(c2ccccc2)P(=O)(OCC)OCC)cc1-c1nn2c(C3CCCC3)nc(C)c2c(=O)[nH]1. The number of imidazole rings is 1. The van der Waals surface area contributed by atoms with Gasteiger partial charge in [-0.25, -0.2) is 9.50 Å². The number of rotatable bonds is 12. The van der Waals surface area contributed by atoms with Crippen LogP contribution in [0.4, 0.5) is 5.69 Å². The Balaban J connectivity index is 1.62. The van der Waals surface area contributed by atoms with Crippen molar-refractivity contribution in [2.45, 2.75) is 65.1 Å². The second-order valence-electron chi connectivity index (χ2n) is 10.1. The molecule has 0 bridgehead atoms. The van der Waals surface area contributed by atoms with Crippen molar-refractivity contribution < 1.29 is 18.3 Å². The van der Waals surface area contributed by atoms with Gasteiger partial charge in [0.2, 0.25) is 0 Å². The standard InChI is InChI=1S/C30H38N5O5P/c1-5-38-25-18-17-23(32-30(22-15-9-8-10-16-22)41(37,39-6-2)40-7-3)19-24(25)27-33-29(36)26-20(4)31-28(35(26)34-27)21-13-11-12-14-21/h8-10,15-19,21,30,32H,5-7,11-14H2,1-4H3,(H,33,34,36). The molecular weight excluding hydrogens is 541 g/mol. The molecular formula is C30H38N5O5P. The predicted molar refractivity (Wildman–Crippen MR) is 160 cm³/mol. The molecule has 1 aliphatic carbocycles. The summed E-state index contributed by atoms with van der Waals surface area (Å²) in [6.45, 7) is 8.22. The number of anilines is 1. The van der Waals surface area contributed by atoms with Gasteiger partial charge in [0.15, 0.2) is 17.1 Å². The number of ether oxygens (including phenoxy) is 1. The molecule has 4 aromatic rings. The average molecular weight is 580 g/mol. The van der Waals surface area contributed by atoms with E-state index in [1.165, 1.54) is 0 Å². The van der Waals surface area contributed by atoms with Crippen molar-refractivity contribution in [3.8, 4) is 17.1 Å². The number of benzene rings is 2. The zero-order chi connectivity index (χ0) is 29.0. The van der Waals surface area contributed by atoms with Crippen LogP contribution in [0.2, 0.25) is 0 Å². The van der Waals surface area contributed by atoms with Crippen LogP contribution in [0.5, 0.6) is 5.75 Å². The lowest BCUT2D eigenvalue weighted by molar-refractivity contribution is 0.214. The van der Waals surface area contributed by atoms with Crippen LogP contribution in [0, 0.1) is 6.92 Å². The van der Waals surface area contributed by atoms with Crippen molar-refractivity contribution in [3.63, 3.8) is 0 Å². The Bertz CT molecular complexity index is 1590. The summed E-state index contributed by atoms with van der Waals surface area (Å²) in [4.78, 5) is 21.0. The number of nitrogens with one attached hydrogen (secondary N) is 2. The van der Waals surface area contributed by atoms with E-state index >= 15 is 0 Å². The minimum absolute atomic E-state index is 0.232. The van der Waals surface area contributed by atoms with Crippen molar-refractivity contribution >= 4 is 18.8 Å². The van der Waals surface area contributed by atoms with Gasteiger partial charge in [0.05, 0.1) is 31.1 Å². The third-order valence-corrected chi connectivity index (χ3v) is 9.60. The Labute approximate surface area is 240 Å². The van der Waals surface area contributed by atoms with E-state index in [-0.39, 0.29) is 24.7 Å². The third kappa shape index (κ3) is 5.96. The van der Waals surface area contributed by atoms with Gasteiger partial charge in [-0.05, 0) is 64.3 Å². The molecule has 2 aromatic heterocycles. The van der Waals surface area contributed by atoms with Crippen LogP contribution < -0.4 is 15.6 Å². The smallest absolute Gasteiger partial charge is 0.357 e. The topological polar surface area (TPSA) is 120 Å². The van der Waals surface area contributed by atoms with Gasteiger partial charge in [-0.2, -0.15) is 0 Å². The highest BCUT2D eigenvalue weighted by atomic mass is 31.2. The number of nitrogens with zero attached hydrogens (tertiary/aromatic N) is 3. The summed E-state index contributed by atoms with van der Waals surface area (Å²) in [7, 11) is -3.61. The molecule has 10 nitrogen and oxygen atoms in total. The van der Waals surface area contributed by atoms with Crippen molar-refractivity contribution in [1.82, 2.24) is 19.6 Å². The van der Waals surface area contributed by atoms with Gasteiger partial charge < -0.3 is 24.1 Å². The van der Waals surface area contributed by atoms with Crippen LogP contribution in [-0.4, -0.2) is 39.4 Å². The van der Waals surface area contributed by atoms with E-state index in [1.807, 2.05) is 62.4 Å². The zero-order valence-corrected chi connectivity index (χ0v) is 24.9. The minimum atomic E-state index is -3.61. The lowest BCUT2D eigenvalue weighted by Gasteiger charge is -2.28.